The molecule has 0 aliphatic heterocycles. The van der Waals surface area contributed by atoms with Gasteiger partial charge in [-0.3, -0.25) is 0 Å². The monoisotopic (exact) mass is 205 g/mol. The van der Waals surface area contributed by atoms with Gasteiger partial charge < -0.3 is 19.5 Å². The maximum Gasteiger partial charge on any atom is 0.0780 e. The van der Waals surface area contributed by atoms with Crippen LogP contribution in [0.3, 0.4) is 0 Å². The molecule has 0 saturated heterocycles. The number of rotatable bonds is 10. The summed E-state index contributed by atoms with van der Waals surface area (Å²) in [7, 11) is 3.39. The van der Waals surface area contributed by atoms with Gasteiger partial charge in [-0.2, -0.15) is 0 Å². The van der Waals surface area contributed by atoms with Crippen molar-refractivity contribution in [1.82, 2.24) is 5.32 Å². The molecular weight excluding hydrogens is 182 g/mol. The van der Waals surface area contributed by atoms with E-state index < -0.39 is 0 Å². The summed E-state index contributed by atoms with van der Waals surface area (Å²) in [5, 5.41) is 3.26. The van der Waals surface area contributed by atoms with E-state index in [9.17, 15) is 0 Å². The van der Waals surface area contributed by atoms with Gasteiger partial charge in [0.25, 0.3) is 0 Å². The van der Waals surface area contributed by atoms with Crippen LogP contribution in [0.15, 0.2) is 0 Å². The van der Waals surface area contributed by atoms with Crippen LogP contribution in [0, 0.1) is 0 Å². The smallest absolute Gasteiger partial charge is 0.0780 e. The molecule has 86 valence electrons. The van der Waals surface area contributed by atoms with Gasteiger partial charge in [-0.05, 0) is 19.9 Å². The lowest BCUT2D eigenvalue weighted by atomic mass is 10.4. The van der Waals surface area contributed by atoms with Gasteiger partial charge in [0.15, 0.2) is 0 Å². The molecule has 1 unspecified atom stereocenters. The van der Waals surface area contributed by atoms with Crippen LogP contribution in [0.4, 0.5) is 0 Å². The second-order valence-electron chi connectivity index (χ2n) is 3.23. The molecule has 1 N–H and O–H groups in total. The first-order valence-electron chi connectivity index (χ1n) is 5.11. The summed E-state index contributed by atoms with van der Waals surface area (Å²) < 4.78 is 15.4. The first-order chi connectivity index (χ1) is 6.81. The summed E-state index contributed by atoms with van der Waals surface area (Å²) in [6.07, 6.45) is 1.22. The minimum atomic E-state index is 0.193. The highest BCUT2D eigenvalue weighted by atomic mass is 16.5. The van der Waals surface area contributed by atoms with E-state index in [1.54, 1.807) is 14.2 Å². The fourth-order valence-corrected chi connectivity index (χ4v) is 1.06. The van der Waals surface area contributed by atoms with Crippen molar-refractivity contribution in [3.63, 3.8) is 0 Å². The predicted molar refractivity (Wildman–Crippen MR) is 56.7 cm³/mol. The minimum absolute atomic E-state index is 0.193. The molecule has 0 rings (SSSR count). The average Bonchev–Trinajstić information content (AvgIpc) is 2.17. The lowest BCUT2D eigenvalue weighted by Crippen LogP contribution is -2.22. The topological polar surface area (TPSA) is 39.7 Å². The van der Waals surface area contributed by atoms with E-state index in [-0.39, 0.29) is 6.10 Å². The van der Waals surface area contributed by atoms with Gasteiger partial charge in [0.1, 0.15) is 0 Å². The number of hydrogen-bond acceptors (Lipinski definition) is 4. The molecule has 0 spiro atoms. The van der Waals surface area contributed by atoms with Gasteiger partial charge >= 0.3 is 0 Å². The molecule has 0 heterocycles. The third kappa shape index (κ3) is 9.92. The molecule has 0 aromatic carbocycles. The van der Waals surface area contributed by atoms with E-state index in [4.69, 9.17) is 14.2 Å². The molecule has 4 nitrogen and oxygen atoms in total. The van der Waals surface area contributed by atoms with E-state index in [1.807, 2.05) is 6.92 Å². The van der Waals surface area contributed by atoms with Crippen LogP contribution in [0.2, 0.25) is 0 Å². The predicted octanol–water partition coefficient (Wildman–Crippen LogP) is 0.664. The molecule has 0 aliphatic rings. The van der Waals surface area contributed by atoms with Crippen molar-refractivity contribution in [3.05, 3.63) is 0 Å². The van der Waals surface area contributed by atoms with E-state index in [2.05, 4.69) is 5.32 Å². The third-order valence-electron chi connectivity index (χ3n) is 1.78. The largest absolute Gasteiger partial charge is 0.383 e. The normalized spacial score (nSPS) is 13.1. The molecule has 0 aliphatic carbocycles. The SMILES string of the molecule is COCCNCCCOC(C)COC. The molecule has 0 saturated carbocycles. The summed E-state index contributed by atoms with van der Waals surface area (Å²) in [4.78, 5) is 0. The summed E-state index contributed by atoms with van der Waals surface area (Å²) >= 11 is 0. The first kappa shape index (κ1) is 13.8. The van der Waals surface area contributed by atoms with Gasteiger partial charge in [0, 0.05) is 27.4 Å². The van der Waals surface area contributed by atoms with Crippen molar-refractivity contribution < 1.29 is 14.2 Å². The molecule has 0 aromatic rings. The Hall–Kier alpha value is -0.160. The third-order valence-corrected chi connectivity index (χ3v) is 1.78. The molecule has 0 aromatic heterocycles. The van der Waals surface area contributed by atoms with E-state index in [0.717, 1.165) is 32.7 Å². The van der Waals surface area contributed by atoms with Crippen molar-refractivity contribution in [1.29, 1.82) is 0 Å². The highest BCUT2D eigenvalue weighted by molar-refractivity contribution is 4.49. The fraction of sp³-hybridized carbons (Fsp3) is 1.00. The summed E-state index contributed by atoms with van der Waals surface area (Å²) in [6, 6.07) is 0. The Labute approximate surface area is 86.9 Å². The molecule has 4 heteroatoms. The molecule has 0 amide bonds. The van der Waals surface area contributed by atoms with Crippen molar-refractivity contribution >= 4 is 0 Å². The van der Waals surface area contributed by atoms with Gasteiger partial charge in [0.05, 0.1) is 19.3 Å². The second kappa shape index (κ2) is 10.9. The quantitative estimate of drug-likeness (QED) is 0.532. The fourth-order valence-electron chi connectivity index (χ4n) is 1.06. The second-order valence-corrected chi connectivity index (χ2v) is 3.23. The van der Waals surface area contributed by atoms with Gasteiger partial charge in [0.2, 0.25) is 0 Å². The van der Waals surface area contributed by atoms with Crippen LogP contribution in [0.5, 0.6) is 0 Å². The van der Waals surface area contributed by atoms with Crippen molar-refractivity contribution in [2.24, 2.45) is 0 Å². The Morgan fingerprint density at radius 3 is 2.50 bits per heavy atom. The van der Waals surface area contributed by atoms with E-state index in [1.165, 1.54) is 0 Å². The zero-order valence-corrected chi connectivity index (χ0v) is 9.54. The number of hydrogen-bond donors (Lipinski definition) is 1. The summed E-state index contributed by atoms with van der Waals surface area (Å²) in [6.45, 7) is 6.11. The Balaban J connectivity index is 2.98. The van der Waals surface area contributed by atoms with Gasteiger partial charge in [-0.15, -0.1) is 0 Å². The molecule has 1 atom stereocenters. The van der Waals surface area contributed by atoms with Crippen molar-refractivity contribution in [2.75, 3.05) is 47.1 Å². The van der Waals surface area contributed by atoms with Gasteiger partial charge in [-0.25, -0.2) is 0 Å². The van der Waals surface area contributed by atoms with Crippen molar-refractivity contribution in [2.45, 2.75) is 19.4 Å². The lowest BCUT2D eigenvalue weighted by Gasteiger charge is -2.11. The van der Waals surface area contributed by atoms with Gasteiger partial charge in [-0.1, -0.05) is 0 Å². The van der Waals surface area contributed by atoms with Crippen LogP contribution < -0.4 is 5.32 Å². The minimum Gasteiger partial charge on any atom is -0.383 e. The number of nitrogens with one attached hydrogen (secondary N) is 1. The van der Waals surface area contributed by atoms with Crippen LogP contribution >= 0.6 is 0 Å². The highest BCUT2D eigenvalue weighted by Crippen LogP contribution is 1.92. The summed E-state index contributed by atoms with van der Waals surface area (Å²) in [5.41, 5.74) is 0. The number of methoxy groups -OCH3 is 2. The first-order valence-corrected chi connectivity index (χ1v) is 5.11. The van der Waals surface area contributed by atoms with Crippen molar-refractivity contribution in [3.8, 4) is 0 Å². The standard InChI is InChI=1S/C10H23NO3/c1-10(9-13-3)14-7-4-5-11-6-8-12-2/h10-11H,4-9H2,1-3H3. The molecular formula is C10H23NO3. The van der Waals surface area contributed by atoms with Crippen LogP contribution in [-0.4, -0.2) is 53.2 Å². The molecule has 0 radical (unpaired) electrons. The zero-order valence-electron chi connectivity index (χ0n) is 9.54. The molecule has 0 fully saturated rings. The maximum absolute atomic E-state index is 5.49. The van der Waals surface area contributed by atoms with Crippen LogP contribution in [0.25, 0.3) is 0 Å². The van der Waals surface area contributed by atoms with Crippen LogP contribution in [0.1, 0.15) is 13.3 Å². The Bertz CT molecular complexity index is 112. The Kier molecular flexibility index (Phi) is 10.8. The highest BCUT2D eigenvalue weighted by Gasteiger charge is 1.99. The Morgan fingerprint density at radius 1 is 1.07 bits per heavy atom. The van der Waals surface area contributed by atoms with E-state index >= 15 is 0 Å². The molecule has 0 bridgehead atoms. The molecule has 14 heavy (non-hydrogen) atoms. The maximum atomic E-state index is 5.49. The average molecular weight is 205 g/mol. The zero-order chi connectivity index (χ0) is 10.6. The lowest BCUT2D eigenvalue weighted by molar-refractivity contribution is 0.00833. The summed E-state index contributed by atoms with van der Waals surface area (Å²) in [5.74, 6) is 0. The van der Waals surface area contributed by atoms with Crippen LogP contribution in [-0.2, 0) is 14.2 Å². The van der Waals surface area contributed by atoms with E-state index in [0.29, 0.717) is 6.61 Å². The number of ether oxygens (including phenoxy) is 3. The Morgan fingerprint density at radius 2 is 1.86 bits per heavy atom.